The van der Waals surface area contributed by atoms with Crippen molar-refractivity contribution in [2.75, 3.05) is 51.5 Å². The molecule has 3 saturated heterocycles. The first-order chi connectivity index (χ1) is 39.5. The molecule has 0 aliphatic carbocycles. The molecule has 3 fully saturated rings. The number of rotatable bonds is 12. The number of phenolic OH excluding ortho intramolecular Hbond substituents is 1. The first kappa shape index (κ1) is 52.4. The first-order valence-corrected chi connectivity index (χ1v) is 26.8. The number of carbonyl (C=O) groups is 4. The number of ether oxygens (including phenoxy) is 4. The summed E-state index contributed by atoms with van der Waals surface area (Å²) >= 11 is 0. The topological polar surface area (TPSA) is 185 Å². The SMILES string of the molecule is CN(CC#Cc1ccc2c(c1)[C@]1(C(=O)N2C(=O)OCc2ccc([N+](=O)[O-])cc2)[C@H](C(=O)N2CCN(Cc3ccc4c(c3)OCO4)CC2)[C@H]2C(=O)O[C@H](c3ccccc3)[C@H](c3ccccc3)N2[C@@H]1c1ccc(O)cc1)Cc1ccccc1. The van der Waals surface area contributed by atoms with Crippen LogP contribution >= 0.6 is 0 Å². The maximum absolute atomic E-state index is 16.9. The van der Waals surface area contributed by atoms with Gasteiger partial charge in [-0.25, -0.2) is 9.69 Å². The number of aromatic hydroxyl groups is 1. The number of piperazine rings is 1. The molecule has 0 radical (unpaired) electrons. The van der Waals surface area contributed by atoms with Gasteiger partial charge in [0.05, 0.1) is 35.2 Å². The van der Waals surface area contributed by atoms with E-state index < -0.39 is 64.4 Å². The van der Waals surface area contributed by atoms with Crippen LogP contribution in [0.2, 0.25) is 0 Å². The molecule has 7 aromatic carbocycles. The van der Waals surface area contributed by atoms with Crippen LogP contribution in [0.3, 0.4) is 0 Å². The Morgan fingerprint density at radius 3 is 2.11 bits per heavy atom. The van der Waals surface area contributed by atoms with Gasteiger partial charge in [-0.15, -0.1) is 0 Å². The van der Waals surface area contributed by atoms with Gasteiger partial charge >= 0.3 is 12.1 Å². The smallest absolute Gasteiger partial charge is 0.421 e. The lowest BCUT2D eigenvalue weighted by Gasteiger charge is -2.46. The third-order valence-corrected chi connectivity index (χ3v) is 16.0. The number of fused-ring (bicyclic) bond motifs is 4. The van der Waals surface area contributed by atoms with Gasteiger partial charge in [-0.1, -0.05) is 121 Å². The summed E-state index contributed by atoms with van der Waals surface area (Å²) in [5.41, 5.74) is 3.05. The van der Waals surface area contributed by atoms with E-state index >= 15 is 19.2 Å². The zero-order valence-corrected chi connectivity index (χ0v) is 44.2. The Morgan fingerprint density at radius 1 is 0.741 bits per heavy atom. The van der Waals surface area contributed by atoms with E-state index in [1.807, 2.05) is 121 Å². The van der Waals surface area contributed by atoms with Crippen LogP contribution in [0.1, 0.15) is 62.7 Å². The highest BCUT2D eigenvalue weighted by molar-refractivity contribution is 6.23. The van der Waals surface area contributed by atoms with Gasteiger partial charge in [-0.2, -0.15) is 0 Å². The van der Waals surface area contributed by atoms with Gasteiger partial charge < -0.3 is 29.0 Å². The standard InChI is InChI=1S/C64H56N6O11/c1-65(38-43-12-5-2-6-13-43)31-11-14-42-21-29-52-51(36-42)64(62(74)68(52)63(75)78-40-44-19-25-49(26-20-44)70(76)77)55(60(72)67-34-32-66(33-35-67)39-45-22-30-53-54(37-45)80-41-79-53)57-61(73)81-58(47-17-9-4-10-18-47)56(46-15-7-3-8-16-46)69(57)59(64)48-23-27-50(71)28-24-48/h2-10,12-13,15-30,36-37,55-59,71H,31-35,38-41H2,1H3/t55-,56-,57-,58+,59+,64-/m0/s1. The second-order valence-corrected chi connectivity index (χ2v) is 21.0. The molecule has 1 spiro atoms. The highest BCUT2D eigenvalue weighted by Crippen LogP contribution is 2.66. The van der Waals surface area contributed by atoms with E-state index in [1.165, 1.54) is 36.4 Å². The Kier molecular flexibility index (Phi) is 14.3. The molecule has 6 atom stereocenters. The number of phenols is 1. The molecule has 17 nitrogen and oxygen atoms in total. The molecule has 12 rings (SSSR count). The summed E-state index contributed by atoms with van der Waals surface area (Å²) < 4.78 is 23.9. The molecule has 0 aromatic heterocycles. The normalized spacial score (nSPS) is 22.0. The number of morpholine rings is 1. The molecular weight excluding hydrogens is 1030 g/mol. The van der Waals surface area contributed by atoms with Crippen LogP contribution in [0.4, 0.5) is 16.2 Å². The van der Waals surface area contributed by atoms with Crippen molar-refractivity contribution < 1.29 is 48.2 Å². The van der Waals surface area contributed by atoms with Gasteiger partial charge in [0.2, 0.25) is 18.6 Å². The Hall–Kier alpha value is -9.34. The van der Waals surface area contributed by atoms with Crippen molar-refractivity contribution in [2.24, 2.45) is 5.92 Å². The summed E-state index contributed by atoms with van der Waals surface area (Å²) in [6.07, 6.45) is -2.02. The van der Waals surface area contributed by atoms with Crippen LogP contribution < -0.4 is 14.4 Å². The van der Waals surface area contributed by atoms with Gasteiger partial charge in [0.1, 0.15) is 29.9 Å². The maximum atomic E-state index is 16.9. The van der Waals surface area contributed by atoms with Gasteiger partial charge in [0, 0.05) is 57.0 Å². The van der Waals surface area contributed by atoms with Gasteiger partial charge in [-0.3, -0.25) is 39.2 Å². The van der Waals surface area contributed by atoms with Crippen LogP contribution in [-0.4, -0.2) is 106 Å². The zero-order chi connectivity index (χ0) is 55.8. The highest BCUT2D eigenvalue weighted by atomic mass is 16.7. The fourth-order valence-electron chi connectivity index (χ4n) is 12.4. The number of benzene rings is 7. The number of anilines is 1. The van der Waals surface area contributed by atoms with Crippen molar-refractivity contribution in [3.63, 3.8) is 0 Å². The lowest BCUT2D eigenvalue weighted by Crippen LogP contribution is -2.59. The molecule has 408 valence electrons. The maximum Gasteiger partial charge on any atom is 0.421 e. The minimum Gasteiger partial charge on any atom is -0.508 e. The number of nitro benzene ring substituents is 1. The Balaban J connectivity index is 1.02. The van der Waals surface area contributed by atoms with Crippen LogP contribution in [0.5, 0.6) is 17.2 Å². The van der Waals surface area contributed by atoms with Crippen molar-refractivity contribution in [3.8, 4) is 29.1 Å². The second kappa shape index (κ2) is 22.1. The molecule has 5 aliphatic rings. The summed E-state index contributed by atoms with van der Waals surface area (Å²) in [6.45, 7) is 2.73. The number of amides is 3. The predicted octanol–water partition coefficient (Wildman–Crippen LogP) is 8.86. The number of carbonyl (C=O) groups excluding carboxylic acids is 4. The summed E-state index contributed by atoms with van der Waals surface area (Å²) in [6, 6.07) is 48.3. The lowest BCUT2D eigenvalue weighted by atomic mass is 9.65. The Labute approximate surface area is 467 Å². The van der Waals surface area contributed by atoms with E-state index in [-0.39, 0.29) is 49.2 Å². The van der Waals surface area contributed by atoms with Crippen molar-refractivity contribution in [1.82, 2.24) is 19.6 Å². The van der Waals surface area contributed by atoms with Crippen molar-refractivity contribution in [1.29, 1.82) is 0 Å². The monoisotopic (exact) mass is 1080 g/mol. The van der Waals surface area contributed by atoms with E-state index in [4.69, 9.17) is 18.9 Å². The lowest BCUT2D eigenvalue weighted by molar-refractivity contribution is -0.384. The summed E-state index contributed by atoms with van der Waals surface area (Å²) in [4.78, 5) is 84.1. The second-order valence-electron chi connectivity index (χ2n) is 21.0. The van der Waals surface area contributed by atoms with Crippen LogP contribution in [0, 0.1) is 27.9 Å². The van der Waals surface area contributed by atoms with Gasteiger partial charge in [0.15, 0.2) is 11.5 Å². The molecule has 3 amide bonds. The van der Waals surface area contributed by atoms with Gasteiger partial charge in [-0.05, 0) is 101 Å². The number of cyclic esters (lactones) is 1. The molecule has 5 heterocycles. The zero-order valence-electron chi connectivity index (χ0n) is 44.2. The Bertz CT molecular complexity index is 3590. The molecular formula is C64H56N6O11. The molecule has 1 N–H and O–H groups in total. The van der Waals surface area contributed by atoms with Crippen LogP contribution in [-0.2, 0) is 49.0 Å². The Morgan fingerprint density at radius 2 is 1.41 bits per heavy atom. The number of hydrogen-bond donors (Lipinski definition) is 1. The number of nitrogens with zero attached hydrogens (tertiary/aromatic N) is 6. The van der Waals surface area contributed by atoms with E-state index in [0.29, 0.717) is 66.5 Å². The van der Waals surface area contributed by atoms with E-state index in [1.54, 1.807) is 35.2 Å². The fourth-order valence-corrected chi connectivity index (χ4v) is 12.4. The number of esters is 1. The summed E-state index contributed by atoms with van der Waals surface area (Å²) in [7, 11) is 1.97. The number of hydrogen-bond acceptors (Lipinski definition) is 14. The largest absolute Gasteiger partial charge is 0.508 e. The number of non-ortho nitro benzene ring substituents is 1. The van der Waals surface area contributed by atoms with Crippen LogP contribution in [0.25, 0.3) is 0 Å². The minimum absolute atomic E-state index is 0.0576. The average molecular weight is 1090 g/mol. The molecule has 7 aromatic rings. The fraction of sp³-hybridized carbons (Fsp3) is 0.250. The number of imide groups is 1. The molecule has 0 saturated carbocycles. The van der Waals surface area contributed by atoms with E-state index in [2.05, 4.69) is 21.6 Å². The van der Waals surface area contributed by atoms with E-state index in [9.17, 15) is 15.2 Å². The minimum atomic E-state index is -2.09. The highest BCUT2D eigenvalue weighted by Gasteiger charge is 2.76. The third-order valence-electron chi connectivity index (χ3n) is 16.0. The number of nitro groups is 1. The molecule has 0 bridgehead atoms. The average Bonchev–Trinajstić information content (AvgIpc) is 1.78. The predicted molar refractivity (Wildman–Crippen MR) is 297 cm³/mol. The third kappa shape index (κ3) is 9.88. The first-order valence-electron chi connectivity index (χ1n) is 26.8. The molecule has 17 heteroatoms. The van der Waals surface area contributed by atoms with Crippen molar-refractivity contribution >= 4 is 35.3 Å². The summed E-state index contributed by atoms with van der Waals surface area (Å²) in [5, 5.41) is 22.5. The van der Waals surface area contributed by atoms with Crippen molar-refractivity contribution in [3.05, 3.63) is 231 Å². The molecule has 5 aliphatic heterocycles. The molecule has 0 unspecified atom stereocenters. The van der Waals surface area contributed by atoms with Crippen LogP contribution in [0.15, 0.2) is 176 Å². The molecule has 81 heavy (non-hydrogen) atoms. The van der Waals surface area contributed by atoms with Crippen molar-refractivity contribution in [2.45, 2.75) is 49.3 Å². The van der Waals surface area contributed by atoms with E-state index in [0.717, 1.165) is 21.6 Å². The van der Waals surface area contributed by atoms with Gasteiger partial charge in [0.25, 0.3) is 5.69 Å². The summed E-state index contributed by atoms with van der Waals surface area (Å²) in [5.74, 6) is 4.33. The quantitative estimate of drug-likeness (QED) is 0.0530.